The van der Waals surface area contributed by atoms with Crippen molar-refractivity contribution >= 4 is 11.8 Å². The van der Waals surface area contributed by atoms with Crippen LogP contribution in [0, 0.1) is 11.3 Å². The average molecular weight is 292 g/mol. The number of ether oxygens (including phenoxy) is 1. The Morgan fingerprint density at radius 3 is 2.76 bits per heavy atom. The number of allylic oxidation sites excluding steroid dienone is 1. The van der Waals surface area contributed by atoms with Crippen molar-refractivity contribution in [1.29, 1.82) is 0 Å². The van der Waals surface area contributed by atoms with Gasteiger partial charge in [-0.15, -0.1) is 0 Å². The van der Waals surface area contributed by atoms with Crippen molar-refractivity contribution < 1.29 is 19.4 Å². The molecule has 1 N–H and O–H groups in total. The average Bonchev–Trinajstić information content (AvgIpc) is 2.43. The highest BCUT2D eigenvalue weighted by Crippen LogP contribution is 2.51. The minimum absolute atomic E-state index is 0.00225. The van der Waals surface area contributed by atoms with Crippen LogP contribution in [-0.2, 0) is 14.3 Å². The van der Waals surface area contributed by atoms with Crippen LogP contribution in [0.1, 0.15) is 46.5 Å². The number of hydrogen-bond acceptors (Lipinski definition) is 4. The number of carbonyl (C=O) groups is 2. The van der Waals surface area contributed by atoms with Crippen molar-refractivity contribution in [2.45, 2.75) is 52.6 Å². The molecule has 2 rings (SSSR count). The molecule has 2 aliphatic rings. The topological polar surface area (TPSA) is 63.6 Å². The van der Waals surface area contributed by atoms with Crippen molar-refractivity contribution in [2.75, 3.05) is 6.61 Å². The Hall–Kier alpha value is -1.42. The summed E-state index contributed by atoms with van der Waals surface area (Å²) in [6.45, 7) is 9.24. The van der Waals surface area contributed by atoms with Gasteiger partial charge >= 0.3 is 5.97 Å². The third-order valence-electron chi connectivity index (χ3n) is 5.06. The Labute approximate surface area is 125 Å². The van der Waals surface area contributed by atoms with Crippen molar-refractivity contribution in [3.63, 3.8) is 0 Å². The number of ketones is 1. The van der Waals surface area contributed by atoms with Crippen LogP contribution in [0.15, 0.2) is 23.3 Å². The van der Waals surface area contributed by atoms with E-state index in [4.69, 9.17) is 4.74 Å². The smallest absolute Gasteiger partial charge is 0.303 e. The molecule has 4 heteroatoms. The molecule has 0 bridgehead atoms. The van der Waals surface area contributed by atoms with E-state index in [1.807, 2.05) is 6.92 Å². The Morgan fingerprint density at radius 1 is 1.52 bits per heavy atom. The molecule has 0 aromatic carbocycles. The van der Waals surface area contributed by atoms with Gasteiger partial charge in [-0.3, -0.25) is 9.59 Å². The minimum Gasteiger partial charge on any atom is -0.454 e. The fourth-order valence-corrected chi connectivity index (χ4v) is 3.73. The number of fused-ring (bicyclic) bond motifs is 1. The number of hydrogen-bond donors (Lipinski definition) is 1. The summed E-state index contributed by atoms with van der Waals surface area (Å²) in [4.78, 5) is 23.6. The first-order chi connectivity index (χ1) is 9.78. The Bertz CT molecular complexity index is 517. The Morgan fingerprint density at radius 2 is 2.19 bits per heavy atom. The zero-order valence-electron chi connectivity index (χ0n) is 13.1. The standard InChI is InChI=1S/C17H24O4/c1-10(9-18)13-5-6-17(4)8-15(21-12(3)19)16(20)11(2)14(17)7-13/h13,15,18H,1,5-9H2,2-4H3. The molecule has 116 valence electrons. The Balaban J connectivity index is 2.30. The van der Waals surface area contributed by atoms with E-state index in [1.54, 1.807) is 0 Å². The van der Waals surface area contributed by atoms with E-state index in [0.29, 0.717) is 6.42 Å². The summed E-state index contributed by atoms with van der Waals surface area (Å²) in [6, 6.07) is 0. The maximum absolute atomic E-state index is 12.4. The monoisotopic (exact) mass is 292 g/mol. The van der Waals surface area contributed by atoms with Crippen LogP contribution in [0.2, 0.25) is 0 Å². The number of aliphatic hydroxyl groups is 1. The summed E-state index contributed by atoms with van der Waals surface area (Å²) in [5, 5.41) is 9.27. The summed E-state index contributed by atoms with van der Waals surface area (Å²) < 4.78 is 5.20. The predicted octanol–water partition coefficient (Wildman–Crippen LogP) is 2.56. The van der Waals surface area contributed by atoms with E-state index < -0.39 is 12.1 Å². The zero-order chi connectivity index (χ0) is 15.8. The second-order valence-electron chi connectivity index (χ2n) is 6.59. The molecular formula is C17H24O4. The van der Waals surface area contributed by atoms with Crippen molar-refractivity contribution in [3.8, 4) is 0 Å². The number of Topliss-reactive ketones (excluding diaryl/α,β-unsaturated/α-hetero) is 1. The zero-order valence-corrected chi connectivity index (χ0v) is 13.1. The van der Waals surface area contributed by atoms with Gasteiger partial charge in [-0.05, 0) is 48.7 Å². The van der Waals surface area contributed by atoms with Gasteiger partial charge in [-0.25, -0.2) is 0 Å². The lowest BCUT2D eigenvalue weighted by molar-refractivity contribution is -0.154. The SMILES string of the molecule is C=C(CO)C1CCC2(C)CC(OC(C)=O)C(=O)C(C)=C2C1. The van der Waals surface area contributed by atoms with E-state index in [1.165, 1.54) is 6.92 Å². The summed E-state index contributed by atoms with van der Waals surface area (Å²) in [5.41, 5.74) is 2.63. The first-order valence-electron chi connectivity index (χ1n) is 7.48. The van der Waals surface area contributed by atoms with Crippen LogP contribution in [-0.4, -0.2) is 29.6 Å². The lowest BCUT2D eigenvalue weighted by Gasteiger charge is -2.45. The van der Waals surface area contributed by atoms with Gasteiger partial charge in [-0.2, -0.15) is 0 Å². The van der Waals surface area contributed by atoms with Crippen molar-refractivity contribution in [2.24, 2.45) is 11.3 Å². The quantitative estimate of drug-likeness (QED) is 0.641. The molecule has 1 saturated carbocycles. The van der Waals surface area contributed by atoms with E-state index in [2.05, 4.69) is 13.5 Å². The summed E-state index contributed by atoms with van der Waals surface area (Å²) >= 11 is 0. The molecule has 0 amide bonds. The van der Waals surface area contributed by atoms with Crippen molar-refractivity contribution in [3.05, 3.63) is 23.3 Å². The van der Waals surface area contributed by atoms with Crippen LogP contribution in [0.4, 0.5) is 0 Å². The summed E-state index contributed by atoms with van der Waals surface area (Å²) in [7, 11) is 0. The van der Waals surface area contributed by atoms with Gasteiger partial charge in [0.2, 0.25) is 0 Å². The Kier molecular flexibility index (Phi) is 4.38. The molecule has 0 aromatic rings. The second-order valence-corrected chi connectivity index (χ2v) is 6.59. The van der Waals surface area contributed by atoms with Crippen LogP contribution in [0.5, 0.6) is 0 Å². The fourth-order valence-electron chi connectivity index (χ4n) is 3.73. The second kappa shape index (κ2) is 5.76. The number of rotatable bonds is 3. The van der Waals surface area contributed by atoms with Gasteiger partial charge in [0, 0.05) is 13.3 Å². The molecule has 3 atom stereocenters. The largest absolute Gasteiger partial charge is 0.454 e. The molecule has 0 radical (unpaired) electrons. The van der Waals surface area contributed by atoms with Crippen LogP contribution in [0.25, 0.3) is 0 Å². The van der Waals surface area contributed by atoms with Gasteiger partial charge in [0.15, 0.2) is 11.9 Å². The van der Waals surface area contributed by atoms with Gasteiger partial charge in [0.1, 0.15) is 0 Å². The maximum Gasteiger partial charge on any atom is 0.303 e. The number of carbonyl (C=O) groups excluding carboxylic acids is 2. The van der Waals surface area contributed by atoms with Gasteiger partial charge in [-0.1, -0.05) is 19.1 Å². The normalized spacial score (nSPS) is 32.7. The van der Waals surface area contributed by atoms with E-state index in [9.17, 15) is 14.7 Å². The molecular weight excluding hydrogens is 268 g/mol. The lowest BCUT2D eigenvalue weighted by Crippen LogP contribution is -2.42. The molecule has 21 heavy (non-hydrogen) atoms. The number of esters is 1. The molecule has 3 unspecified atom stereocenters. The molecule has 0 spiro atoms. The van der Waals surface area contributed by atoms with Gasteiger partial charge < -0.3 is 9.84 Å². The minimum atomic E-state index is -0.645. The first-order valence-corrected chi connectivity index (χ1v) is 7.48. The highest BCUT2D eigenvalue weighted by Gasteiger charge is 2.45. The fraction of sp³-hybridized carbons (Fsp3) is 0.647. The van der Waals surface area contributed by atoms with E-state index in [0.717, 1.165) is 36.0 Å². The number of aliphatic hydroxyl groups excluding tert-OH is 1. The maximum atomic E-state index is 12.4. The summed E-state index contributed by atoms with van der Waals surface area (Å²) in [6.07, 6.45) is 2.58. The summed E-state index contributed by atoms with van der Waals surface area (Å²) in [5.74, 6) is -0.241. The highest BCUT2D eigenvalue weighted by atomic mass is 16.5. The third kappa shape index (κ3) is 2.95. The van der Waals surface area contributed by atoms with Crippen LogP contribution < -0.4 is 0 Å². The van der Waals surface area contributed by atoms with E-state index >= 15 is 0 Å². The van der Waals surface area contributed by atoms with E-state index in [-0.39, 0.29) is 23.7 Å². The lowest BCUT2D eigenvalue weighted by atomic mass is 9.60. The molecule has 1 fully saturated rings. The predicted molar refractivity (Wildman–Crippen MR) is 79.6 cm³/mol. The molecule has 4 nitrogen and oxygen atoms in total. The molecule has 0 aliphatic heterocycles. The molecule has 0 heterocycles. The van der Waals surface area contributed by atoms with Crippen LogP contribution in [0.3, 0.4) is 0 Å². The van der Waals surface area contributed by atoms with Gasteiger partial charge in [0.05, 0.1) is 6.61 Å². The molecule has 0 saturated heterocycles. The first kappa shape index (κ1) is 16.0. The highest BCUT2D eigenvalue weighted by molar-refractivity contribution is 6.01. The van der Waals surface area contributed by atoms with Crippen molar-refractivity contribution in [1.82, 2.24) is 0 Å². The van der Waals surface area contributed by atoms with Gasteiger partial charge in [0.25, 0.3) is 0 Å². The third-order valence-corrected chi connectivity index (χ3v) is 5.06. The molecule has 2 aliphatic carbocycles. The molecule has 0 aromatic heterocycles. The van der Waals surface area contributed by atoms with Crippen LogP contribution >= 0.6 is 0 Å².